The van der Waals surface area contributed by atoms with Gasteiger partial charge in [0.25, 0.3) is 5.56 Å². The van der Waals surface area contributed by atoms with Crippen LogP contribution in [-0.4, -0.2) is 36.6 Å². The van der Waals surface area contributed by atoms with Crippen molar-refractivity contribution >= 4 is 45.8 Å². The molecule has 1 amide bonds. The topological polar surface area (TPSA) is 98.4 Å². The van der Waals surface area contributed by atoms with Gasteiger partial charge in [-0.05, 0) is 48.7 Å². The Bertz CT molecular complexity index is 1410. The van der Waals surface area contributed by atoms with Crippen LogP contribution in [0, 0.1) is 5.92 Å². The van der Waals surface area contributed by atoms with Crippen LogP contribution < -0.4 is 10.9 Å². The zero-order valence-corrected chi connectivity index (χ0v) is 20.3. The molecule has 0 saturated heterocycles. The Morgan fingerprint density at radius 3 is 2.50 bits per heavy atom. The number of rotatable bonds is 9. The van der Waals surface area contributed by atoms with E-state index in [1.807, 2.05) is 43.4 Å². The number of hydrogen-bond acceptors (Lipinski definition) is 6. The maximum atomic E-state index is 12.9. The summed E-state index contributed by atoms with van der Waals surface area (Å²) < 4.78 is 3.48. The van der Waals surface area contributed by atoms with E-state index < -0.39 is 0 Å². The van der Waals surface area contributed by atoms with Crippen molar-refractivity contribution < 1.29 is 9.59 Å². The van der Waals surface area contributed by atoms with Crippen LogP contribution in [0.3, 0.4) is 0 Å². The lowest BCUT2D eigenvalue weighted by Crippen LogP contribution is -2.23. The highest BCUT2D eigenvalue weighted by Gasteiger charge is 2.17. The monoisotopic (exact) mass is 477 g/mol. The first kappa shape index (κ1) is 23.7. The van der Waals surface area contributed by atoms with Crippen LogP contribution in [0.25, 0.3) is 16.7 Å². The number of hydrogen-bond donors (Lipinski definition) is 1. The molecule has 34 heavy (non-hydrogen) atoms. The molecule has 0 saturated carbocycles. The molecule has 0 aliphatic carbocycles. The van der Waals surface area contributed by atoms with Gasteiger partial charge in [0, 0.05) is 24.2 Å². The fourth-order valence-corrected chi connectivity index (χ4v) is 4.62. The SMILES string of the molecule is CCCn1c(=O)c2ccccc2n2c(SCC(=O)c3ccc(NC(=O)CC(C)C)cc3)nnc12. The van der Waals surface area contributed by atoms with E-state index in [4.69, 9.17) is 0 Å². The Labute approximate surface area is 201 Å². The van der Waals surface area contributed by atoms with Crippen molar-refractivity contribution in [2.24, 2.45) is 5.92 Å². The molecule has 0 aliphatic heterocycles. The summed E-state index contributed by atoms with van der Waals surface area (Å²) in [6, 6.07) is 14.3. The Balaban J connectivity index is 1.54. The lowest BCUT2D eigenvalue weighted by atomic mass is 10.1. The van der Waals surface area contributed by atoms with Crippen molar-refractivity contribution in [3.8, 4) is 0 Å². The maximum Gasteiger partial charge on any atom is 0.262 e. The molecule has 176 valence electrons. The number of nitrogens with zero attached hydrogens (tertiary/aromatic N) is 4. The fraction of sp³-hybridized carbons (Fsp3) is 0.320. The molecule has 4 aromatic rings. The molecule has 4 rings (SSSR count). The second-order valence-electron chi connectivity index (χ2n) is 8.53. The van der Waals surface area contributed by atoms with E-state index in [0.717, 1.165) is 11.9 Å². The number of thioether (sulfide) groups is 1. The van der Waals surface area contributed by atoms with Crippen LogP contribution in [0.15, 0.2) is 58.5 Å². The van der Waals surface area contributed by atoms with Crippen molar-refractivity contribution in [3.05, 3.63) is 64.4 Å². The number of para-hydroxylation sites is 1. The lowest BCUT2D eigenvalue weighted by molar-refractivity contribution is -0.116. The Kier molecular flexibility index (Phi) is 7.12. The van der Waals surface area contributed by atoms with E-state index in [0.29, 0.717) is 40.5 Å². The number of fused-ring (bicyclic) bond motifs is 3. The third kappa shape index (κ3) is 4.89. The summed E-state index contributed by atoms with van der Waals surface area (Å²) in [5, 5.41) is 12.5. The van der Waals surface area contributed by atoms with Crippen LogP contribution in [0.4, 0.5) is 5.69 Å². The number of anilines is 1. The normalized spacial score (nSPS) is 11.4. The molecule has 0 aliphatic rings. The second-order valence-corrected chi connectivity index (χ2v) is 9.47. The summed E-state index contributed by atoms with van der Waals surface area (Å²) in [6.45, 7) is 6.52. The fourth-order valence-electron chi connectivity index (χ4n) is 3.79. The predicted octanol–water partition coefficient (Wildman–Crippen LogP) is 4.41. The Morgan fingerprint density at radius 2 is 1.79 bits per heavy atom. The number of aryl methyl sites for hydroxylation is 1. The molecule has 2 aromatic heterocycles. The van der Waals surface area contributed by atoms with E-state index in [-0.39, 0.29) is 28.9 Å². The van der Waals surface area contributed by atoms with Crippen LogP contribution >= 0.6 is 11.8 Å². The van der Waals surface area contributed by atoms with Crippen molar-refractivity contribution in [3.63, 3.8) is 0 Å². The predicted molar refractivity (Wildman–Crippen MR) is 135 cm³/mol. The highest BCUT2D eigenvalue weighted by atomic mass is 32.2. The van der Waals surface area contributed by atoms with Crippen molar-refractivity contribution in [2.75, 3.05) is 11.1 Å². The summed E-state index contributed by atoms with van der Waals surface area (Å²) in [5.74, 6) is 0.813. The molecule has 0 radical (unpaired) electrons. The van der Waals surface area contributed by atoms with Gasteiger partial charge >= 0.3 is 0 Å². The van der Waals surface area contributed by atoms with Gasteiger partial charge in [0.1, 0.15) is 0 Å². The summed E-state index contributed by atoms with van der Waals surface area (Å²) in [7, 11) is 0. The van der Waals surface area contributed by atoms with Crippen molar-refractivity contribution in [2.45, 2.75) is 45.3 Å². The van der Waals surface area contributed by atoms with Crippen LogP contribution in [0.1, 0.15) is 44.0 Å². The smallest absolute Gasteiger partial charge is 0.262 e. The Morgan fingerprint density at radius 1 is 1.06 bits per heavy atom. The van der Waals surface area contributed by atoms with Gasteiger partial charge in [0.15, 0.2) is 10.9 Å². The van der Waals surface area contributed by atoms with Gasteiger partial charge in [-0.2, -0.15) is 0 Å². The first-order valence-corrected chi connectivity index (χ1v) is 12.3. The summed E-state index contributed by atoms with van der Waals surface area (Å²) >= 11 is 1.28. The molecule has 0 atom stereocenters. The molecule has 8 nitrogen and oxygen atoms in total. The summed E-state index contributed by atoms with van der Waals surface area (Å²) in [6.07, 6.45) is 1.24. The minimum atomic E-state index is -0.0921. The van der Waals surface area contributed by atoms with Gasteiger partial charge in [-0.25, -0.2) is 0 Å². The summed E-state index contributed by atoms with van der Waals surface area (Å²) in [4.78, 5) is 37.7. The van der Waals surface area contributed by atoms with E-state index in [2.05, 4.69) is 15.5 Å². The zero-order valence-electron chi connectivity index (χ0n) is 19.4. The molecule has 2 heterocycles. The number of ketones is 1. The van der Waals surface area contributed by atoms with Crippen LogP contribution in [0.5, 0.6) is 0 Å². The number of carbonyl (C=O) groups excluding carboxylic acids is 2. The lowest BCUT2D eigenvalue weighted by Gasteiger charge is -2.10. The first-order chi connectivity index (χ1) is 16.4. The first-order valence-electron chi connectivity index (χ1n) is 11.3. The highest BCUT2D eigenvalue weighted by Crippen LogP contribution is 2.23. The average Bonchev–Trinajstić information content (AvgIpc) is 3.24. The molecule has 2 aromatic carbocycles. The molecule has 0 bridgehead atoms. The number of nitrogens with one attached hydrogen (secondary N) is 1. The minimum Gasteiger partial charge on any atom is -0.326 e. The minimum absolute atomic E-state index is 0.0444. The van der Waals surface area contributed by atoms with E-state index >= 15 is 0 Å². The van der Waals surface area contributed by atoms with Crippen LogP contribution in [-0.2, 0) is 11.3 Å². The van der Waals surface area contributed by atoms with Gasteiger partial charge in [-0.3, -0.25) is 23.4 Å². The van der Waals surface area contributed by atoms with Gasteiger partial charge in [-0.15, -0.1) is 10.2 Å². The molecule has 0 unspecified atom stereocenters. The highest BCUT2D eigenvalue weighted by molar-refractivity contribution is 7.99. The van der Waals surface area contributed by atoms with E-state index in [1.54, 1.807) is 34.9 Å². The van der Waals surface area contributed by atoms with E-state index in [1.165, 1.54) is 11.8 Å². The summed E-state index contributed by atoms with van der Waals surface area (Å²) in [5.41, 5.74) is 1.84. The molecule has 1 N–H and O–H groups in total. The number of benzene rings is 2. The Hall–Kier alpha value is -3.46. The van der Waals surface area contributed by atoms with Gasteiger partial charge < -0.3 is 5.32 Å². The van der Waals surface area contributed by atoms with Gasteiger partial charge in [0.05, 0.1) is 16.7 Å². The molecular formula is C25H27N5O3S. The average molecular weight is 478 g/mol. The van der Waals surface area contributed by atoms with E-state index in [9.17, 15) is 14.4 Å². The van der Waals surface area contributed by atoms with Crippen molar-refractivity contribution in [1.82, 2.24) is 19.2 Å². The van der Waals surface area contributed by atoms with Gasteiger partial charge in [0.2, 0.25) is 11.7 Å². The molecule has 0 fully saturated rings. The van der Waals surface area contributed by atoms with Crippen LogP contribution in [0.2, 0.25) is 0 Å². The quantitative estimate of drug-likeness (QED) is 0.283. The van der Waals surface area contributed by atoms with Gasteiger partial charge in [-0.1, -0.05) is 44.7 Å². The zero-order chi connectivity index (χ0) is 24.2. The number of carbonyl (C=O) groups is 2. The number of aromatic nitrogens is 4. The van der Waals surface area contributed by atoms with Crippen molar-refractivity contribution in [1.29, 1.82) is 0 Å². The number of Topliss-reactive ketones (excluding diaryl/α,β-unsaturated/α-hetero) is 1. The largest absolute Gasteiger partial charge is 0.326 e. The maximum absolute atomic E-state index is 12.9. The second kappa shape index (κ2) is 10.2. The standard InChI is InChI=1S/C25H27N5O3S/c1-4-13-29-23(33)19-7-5-6-8-20(19)30-24(29)27-28-25(30)34-15-21(31)17-9-11-18(12-10-17)26-22(32)14-16(2)3/h5-12,16H,4,13-15H2,1-3H3,(H,26,32). The third-order valence-corrected chi connectivity index (χ3v) is 6.27. The molecule has 0 spiro atoms. The molecule has 9 heteroatoms. The molecular weight excluding hydrogens is 450 g/mol. The number of amides is 1. The third-order valence-electron chi connectivity index (χ3n) is 5.34.